The Bertz CT molecular complexity index is 849. The number of benzene rings is 2. The third-order valence-electron chi connectivity index (χ3n) is 3.62. The first-order valence-electron chi connectivity index (χ1n) is 7.72. The fraction of sp³-hybridized carbons (Fsp3) is 0.211. The van der Waals surface area contributed by atoms with Crippen molar-refractivity contribution in [3.63, 3.8) is 0 Å². The summed E-state index contributed by atoms with van der Waals surface area (Å²) in [6, 6.07) is 17.6. The summed E-state index contributed by atoms with van der Waals surface area (Å²) >= 11 is 0. The zero-order valence-corrected chi connectivity index (χ0v) is 13.1. The van der Waals surface area contributed by atoms with Crippen molar-refractivity contribution in [2.24, 2.45) is 0 Å². The van der Waals surface area contributed by atoms with Crippen molar-refractivity contribution in [1.29, 1.82) is 0 Å². The highest BCUT2D eigenvalue weighted by atomic mass is 16.5. The average molecular weight is 309 g/mol. The Morgan fingerprint density at radius 2 is 1.70 bits per heavy atom. The highest BCUT2D eigenvalue weighted by Gasteiger charge is 2.05. The largest absolute Gasteiger partial charge is 0.491 e. The molecule has 3 aromatic rings. The number of ether oxygens (including phenoxy) is 2. The minimum absolute atomic E-state index is 0.129. The maximum Gasteiger partial charge on any atom is 0.292 e. The van der Waals surface area contributed by atoms with Crippen LogP contribution in [0.1, 0.15) is 6.92 Å². The molecule has 0 fully saturated rings. The van der Waals surface area contributed by atoms with Gasteiger partial charge in [-0.05, 0) is 30.5 Å². The lowest BCUT2D eigenvalue weighted by Gasteiger charge is -2.11. The van der Waals surface area contributed by atoms with E-state index in [0.29, 0.717) is 25.5 Å². The third kappa shape index (κ3) is 3.37. The topological polar surface area (TPSA) is 40.5 Å². The third-order valence-corrected chi connectivity index (χ3v) is 3.62. The van der Waals surface area contributed by atoms with Crippen LogP contribution in [0.15, 0.2) is 65.6 Å². The highest BCUT2D eigenvalue weighted by Crippen LogP contribution is 2.24. The molecule has 118 valence electrons. The summed E-state index contributed by atoms with van der Waals surface area (Å²) in [6.45, 7) is 3.23. The molecular formula is C19H19NO3. The molecule has 0 amide bonds. The van der Waals surface area contributed by atoms with Gasteiger partial charge in [-0.1, -0.05) is 36.4 Å². The van der Waals surface area contributed by atoms with Crippen LogP contribution in [0.3, 0.4) is 0 Å². The van der Waals surface area contributed by atoms with Crippen LogP contribution in [0.25, 0.3) is 10.8 Å². The summed E-state index contributed by atoms with van der Waals surface area (Å²) in [5.74, 6) is 1.21. The number of hydrogen-bond donors (Lipinski definition) is 0. The number of fused-ring (bicyclic) bond motifs is 1. The van der Waals surface area contributed by atoms with Crippen LogP contribution in [0, 0.1) is 0 Å². The van der Waals surface area contributed by atoms with Crippen molar-refractivity contribution in [2.75, 3.05) is 13.2 Å². The van der Waals surface area contributed by atoms with Crippen LogP contribution in [0.4, 0.5) is 0 Å². The van der Waals surface area contributed by atoms with Crippen molar-refractivity contribution in [2.45, 2.75) is 13.5 Å². The lowest BCUT2D eigenvalue weighted by molar-refractivity contribution is 0.294. The first-order valence-corrected chi connectivity index (χ1v) is 7.72. The van der Waals surface area contributed by atoms with Crippen molar-refractivity contribution < 1.29 is 9.47 Å². The average Bonchev–Trinajstić information content (AvgIpc) is 2.58. The van der Waals surface area contributed by atoms with Crippen molar-refractivity contribution in [3.8, 4) is 11.5 Å². The van der Waals surface area contributed by atoms with Crippen LogP contribution in [-0.4, -0.2) is 17.8 Å². The Hall–Kier alpha value is -2.75. The molecule has 0 N–H and O–H groups in total. The minimum atomic E-state index is -0.129. The van der Waals surface area contributed by atoms with Crippen LogP contribution < -0.4 is 15.0 Å². The molecule has 0 aliphatic heterocycles. The fourth-order valence-corrected chi connectivity index (χ4v) is 2.53. The van der Waals surface area contributed by atoms with E-state index >= 15 is 0 Å². The monoisotopic (exact) mass is 309 g/mol. The maximum atomic E-state index is 12.2. The van der Waals surface area contributed by atoms with E-state index in [2.05, 4.69) is 12.1 Å². The Morgan fingerprint density at radius 3 is 2.57 bits per heavy atom. The molecule has 2 aromatic carbocycles. The molecule has 0 spiro atoms. The molecular weight excluding hydrogens is 290 g/mol. The first kappa shape index (κ1) is 15.2. The molecule has 0 bridgehead atoms. The van der Waals surface area contributed by atoms with E-state index in [-0.39, 0.29) is 5.56 Å². The lowest BCUT2D eigenvalue weighted by atomic mass is 10.1. The Morgan fingerprint density at radius 1 is 0.913 bits per heavy atom. The SMILES string of the molecule is CCOc1cccn(CCOc2cccc3ccccc23)c1=O. The van der Waals surface area contributed by atoms with E-state index in [0.717, 1.165) is 16.5 Å². The molecule has 0 saturated heterocycles. The molecule has 4 nitrogen and oxygen atoms in total. The summed E-state index contributed by atoms with van der Waals surface area (Å²) in [5.41, 5.74) is -0.129. The smallest absolute Gasteiger partial charge is 0.292 e. The van der Waals surface area contributed by atoms with E-state index in [1.165, 1.54) is 0 Å². The van der Waals surface area contributed by atoms with Crippen LogP contribution in [-0.2, 0) is 6.54 Å². The predicted octanol–water partition coefficient (Wildman–Crippen LogP) is 3.48. The van der Waals surface area contributed by atoms with Crippen LogP contribution in [0.2, 0.25) is 0 Å². The van der Waals surface area contributed by atoms with Gasteiger partial charge in [0.25, 0.3) is 5.56 Å². The van der Waals surface area contributed by atoms with Crippen molar-refractivity contribution >= 4 is 10.8 Å². The number of hydrogen-bond acceptors (Lipinski definition) is 3. The van der Waals surface area contributed by atoms with Gasteiger partial charge in [-0.3, -0.25) is 4.79 Å². The standard InChI is InChI=1S/C19H19NO3/c1-2-22-18-11-6-12-20(19(18)21)13-14-23-17-10-5-8-15-7-3-4-9-16(15)17/h3-12H,2,13-14H2,1H3. The van der Waals surface area contributed by atoms with Gasteiger partial charge in [0.15, 0.2) is 5.75 Å². The molecule has 0 saturated carbocycles. The molecule has 0 radical (unpaired) electrons. The van der Waals surface area contributed by atoms with E-state index in [4.69, 9.17) is 9.47 Å². The van der Waals surface area contributed by atoms with E-state index in [1.807, 2.05) is 43.3 Å². The number of nitrogens with zero attached hydrogens (tertiary/aromatic N) is 1. The Balaban J connectivity index is 1.72. The van der Waals surface area contributed by atoms with Gasteiger partial charge in [-0.2, -0.15) is 0 Å². The summed E-state index contributed by atoms with van der Waals surface area (Å²) in [4.78, 5) is 12.2. The predicted molar refractivity (Wildman–Crippen MR) is 91.3 cm³/mol. The molecule has 0 unspecified atom stereocenters. The van der Waals surface area contributed by atoms with Gasteiger partial charge in [0, 0.05) is 11.6 Å². The second kappa shape index (κ2) is 7.01. The second-order valence-electron chi connectivity index (χ2n) is 5.13. The molecule has 1 heterocycles. The molecule has 3 rings (SSSR count). The van der Waals surface area contributed by atoms with E-state index in [9.17, 15) is 4.79 Å². The fourth-order valence-electron chi connectivity index (χ4n) is 2.53. The Labute approximate surface area is 134 Å². The highest BCUT2D eigenvalue weighted by molar-refractivity contribution is 5.88. The van der Waals surface area contributed by atoms with Crippen molar-refractivity contribution in [1.82, 2.24) is 4.57 Å². The summed E-state index contributed by atoms with van der Waals surface area (Å²) < 4.78 is 12.8. The molecule has 0 aliphatic rings. The van der Waals surface area contributed by atoms with Crippen LogP contribution >= 0.6 is 0 Å². The summed E-state index contributed by atoms with van der Waals surface area (Å²) in [7, 11) is 0. The zero-order valence-electron chi connectivity index (χ0n) is 13.1. The van der Waals surface area contributed by atoms with Gasteiger partial charge in [-0.15, -0.1) is 0 Å². The van der Waals surface area contributed by atoms with Gasteiger partial charge >= 0.3 is 0 Å². The van der Waals surface area contributed by atoms with E-state index in [1.54, 1.807) is 16.8 Å². The Kier molecular flexibility index (Phi) is 4.62. The van der Waals surface area contributed by atoms with Gasteiger partial charge < -0.3 is 14.0 Å². The quantitative estimate of drug-likeness (QED) is 0.700. The van der Waals surface area contributed by atoms with Crippen molar-refractivity contribution in [3.05, 3.63) is 71.1 Å². The van der Waals surface area contributed by atoms with Gasteiger partial charge in [0.05, 0.1) is 13.2 Å². The summed E-state index contributed by atoms with van der Waals surface area (Å²) in [6.07, 6.45) is 1.75. The lowest BCUT2D eigenvalue weighted by Crippen LogP contribution is -2.23. The number of rotatable bonds is 6. The van der Waals surface area contributed by atoms with Crippen LogP contribution in [0.5, 0.6) is 11.5 Å². The molecule has 23 heavy (non-hydrogen) atoms. The second-order valence-corrected chi connectivity index (χ2v) is 5.13. The number of aromatic nitrogens is 1. The number of pyridine rings is 1. The maximum absolute atomic E-state index is 12.2. The molecule has 0 aliphatic carbocycles. The van der Waals surface area contributed by atoms with Gasteiger partial charge in [0.1, 0.15) is 12.4 Å². The minimum Gasteiger partial charge on any atom is -0.491 e. The summed E-state index contributed by atoms with van der Waals surface area (Å²) in [5, 5.41) is 2.21. The molecule has 4 heteroatoms. The van der Waals surface area contributed by atoms with Gasteiger partial charge in [-0.25, -0.2) is 0 Å². The van der Waals surface area contributed by atoms with Gasteiger partial charge in [0.2, 0.25) is 0 Å². The normalized spacial score (nSPS) is 10.7. The first-order chi connectivity index (χ1) is 11.3. The zero-order chi connectivity index (χ0) is 16.1. The van der Waals surface area contributed by atoms with E-state index < -0.39 is 0 Å². The molecule has 0 atom stereocenters. The molecule has 1 aromatic heterocycles.